The summed E-state index contributed by atoms with van der Waals surface area (Å²) in [5.41, 5.74) is 8.75. The van der Waals surface area contributed by atoms with Crippen LogP contribution < -0.4 is 0 Å². The zero-order valence-corrected chi connectivity index (χ0v) is 18.3. The summed E-state index contributed by atoms with van der Waals surface area (Å²) in [6, 6.07) is 41.1. The average molecular weight is 404 g/mol. The first-order chi connectivity index (χ1) is 15.3. The molecule has 0 aliphatic carbocycles. The Morgan fingerprint density at radius 2 is 0.903 bits per heavy atom. The normalized spacial score (nSPS) is 11.7. The number of rotatable bonds is 7. The van der Waals surface area contributed by atoms with Gasteiger partial charge in [-0.1, -0.05) is 115 Å². The second-order valence-corrected chi connectivity index (χ2v) is 7.57. The fourth-order valence-corrected chi connectivity index (χ4v) is 4.13. The van der Waals surface area contributed by atoms with Crippen LogP contribution in [0.5, 0.6) is 0 Å². The lowest BCUT2D eigenvalue weighted by Crippen LogP contribution is -2.22. The molecule has 0 spiro atoms. The van der Waals surface area contributed by atoms with Crippen LogP contribution in [0.15, 0.2) is 115 Å². The van der Waals surface area contributed by atoms with Crippen molar-refractivity contribution < 1.29 is 0 Å². The molecule has 0 amide bonds. The van der Waals surface area contributed by atoms with Crippen LogP contribution in [-0.4, -0.2) is 18.0 Å². The van der Waals surface area contributed by atoms with Gasteiger partial charge >= 0.3 is 0 Å². The maximum Gasteiger partial charge on any atom is 0.0525 e. The number of nitrogens with zero attached hydrogens (tertiary/aromatic N) is 1. The zero-order valence-electron chi connectivity index (χ0n) is 18.3. The van der Waals surface area contributed by atoms with Gasteiger partial charge in [0.2, 0.25) is 0 Å². The summed E-state index contributed by atoms with van der Waals surface area (Å²) >= 11 is 0. The van der Waals surface area contributed by atoms with E-state index >= 15 is 0 Å². The largest absolute Gasteiger partial charge is 0.371 e. The van der Waals surface area contributed by atoms with Crippen LogP contribution in [0.4, 0.5) is 0 Å². The Morgan fingerprint density at radius 1 is 0.484 bits per heavy atom. The molecule has 0 radical (unpaired) electrons. The Hall–Kier alpha value is -3.58. The molecule has 0 bridgehead atoms. The van der Waals surface area contributed by atoms with Crippen molar-refractivity contribution in [2.75, 3.05) is 13.1 Å². The van der Waals surface area contributed by atoms with Crippen LogP contribution in [0.1, 0.15) is 30.5 Å². The van der Waals surface area contributed by atoms with Crippen molar-refractivity contribution >= 4 is 11.3 Å². The minimum absolute atomic E-state index is 0.958. The quantitative estimate of drug-likeness (QED) is 0.287. The second kappa shape index (κ2) is 9.95. The van der Waals surface area contributed by atoms with Gasteiger partial charge in [0.15, 0.2) is 0 Å². The Balaban J connectivity index is 1.93. The highest BCUT2D eigenvalue weighted by atomic mass is 15.1. The van der Waals surface area contributed by atoms with Gasteiger partial charge in [0.05, 0.1) is 5.70 Å². The van der Waals surface area contributed by atoms with E-state index in [-0.39, 0.29) is 0 Å². The van der Waals surface area contributed by atoms with Gasteiger partial charge in [-0.15, -0.1) is 0 Å². The molecule has 4 aromatic rings. The summed E-state index contributed by atoms with van der Waals surface area (Å²) < 4.78 is 0. The van der Waals surface area contributed by atoms with E-state index in [2.05, 4.69) is 134 Å². The van der Waals surface area contributed by atoms with E-state index in [0.29, 0.717) is 0 Å². The molecule has 31 heavy (non-hydrogen) atoms. The first-order valence-electron chi connectivity index (χ1n) is 11.1. The van der Waals surface area contributed by atoms with Gasteiger partial charge in [0.25, 0.3) is 0 Å². The van der Waals surface area contributed by atoms with E-state index in [4.69, 9.17) is 0 Å². The third-order valence-electron chi connectivity index (χ3n) is 5.71. The molecular formula is C30H29N. The summed E-state index contributed by atoms with van der Waals surface area (Å²) in [7, 11) is 0. The summed E-state index contributed by atoms with van der Waals surface area (Å²) in [5.74, 6) is 0. The Morgan fingerprint density at radius 3 is 1.42 bits per heavy atom. The van der Waals surface area contributed by atoms with Crippen LogP contribution in [0.2, 0.25) is 0 Å². The SMILES string of the molecule is CCN(CC)/C(=C(\c1ccccc1)c1ccc(-c2ccccc2)cc1)c1ccccc1. The van der Waals surface area contributed by atoms with Gasteiger partial charge in [0, 0.05) is 18.7 Å². The predicted octanol–water partition coefficient (Wildman–Crippen LogP) is 7.61. The lowest BCUT2D eigenvalue weighted by atomic mass is 9.91. The van der Waals surface area contributed by atoms with Crippen LogP contribution in [0.25, 0.3) is 22.4 Å². The van der Waals surface area contributed by atoms with Crippen molar-refractivity contribution in [1.29, 1.82) is 0 Å². The second-order valence-electron chi connectivity index (χ2n) is 7.57. The molecule has 0 N–H and O–H groups in total. The third kappa shape index (κ3) is 4.62. The highest BCUT2D eigenvalue weighted by Crippen LogP contribution is 2.35. The highest BCUT2D eigenvalue weighted by molar-refractivity contribution is 5.98. The van der Waals surface area contributed by atoms with Crippen molar-refractivity contribution in [2.24, 2.45) is 0 Å². The number of hydrogen-bond acceptors (Lipinski definition) is 1. The van der Waals surface area contributed by atoms with Gasteiger partial charge in [-0.3, -0.25) is 0 Å². The molecule has 0 heterocycles. The Bertz CT molecular complexity index is 1110. The van der Waals surface area contributed by atoms with Crippen LogP contribution in [0.3, 0.4) is 0 Å². The minimum Gasteiger partial charge on any atom is -0.371 e. The third-order valence-corrected chi connectivity index (χ3v) is 5.71. The van der Waals surface area contributed by atoms with E-state index < -0.39 is 0 Å². The standard InChI is InChI=1S/C30H29N/c1-3-31(4-2)30(28-18-12-7-13-19-28)29(26-16-10-6-11-17-26)27-22-20-25(21-23-27)24-14-8-5-9-15-24/h5-23H,3-4H2,1-2H3/b30-29+. The smallest absolute Gasteiger partial charge is 0.0525 e. The monoisotopic (exact) mass is 403 g/mol. The summed E-state index contributed by atoms with van der Waals surface area (Å²) in [6.07, 6.45) is 0. The Labute approximate surface area is 186 Å². The molecule has 154 valence electrons. The van der Waals surface area contributed by atoms with Gasteiger partial charge < -0.3 is 4.90 Å². The number of benzene rings is 4. The fourth-order valence-electron chi connectivity index (χ4n) is 4.13. The van der Waals surface area contributed by atoms with Gasteiger partial charge in [0.1, 0.15) is 0 Å². The first kappa shape index (κ1) is 20.7. The van der Waals surface area contributed by atoms with E-state index in [1.54, 1.807) is 0 Å². The number of hydrogen-bond donors (Lipinski definition) is 0. The summed E-state index contributed by atoms with van der Waals surface area (Å²) in [4.78, 5) is 2.46. The molecule has 4 aromatic carbocycles. The maximum absolute atomic E-state index is 2.46. The molecule has 0 fully saturated rings. The van der Waals surface area contributed by atoms with Crippen LogP contribution in [0, 0.1) is 0 Å². The van der Waals surface area contributed by atoms with Gasteiger partial charge in [-0.2, -0.15) is 0 Å². The van der Waals surface area contributed by atoms with Crippen molar-refractivity contribution in [3.8, 4) is 11.1 Å². The van der Waals surface area contributed by atoms with Gasteiger partial charge in [-0.05, 0) is 41.7 Å². The first-order valence-corrected chi connectivity index (χ1v) is 11.1. The molecule has 4 rings (SSSR count). The lowest BCUT2D eigenvalue weighted by molar-refractivity contribution is 0.443. The Kier molecular flexibility index (Phi) is 6.64. The van der Waals surface area contributed by atoms with E-state index in [1.807, 2.05) is 0 Å². The van der Waals surface area contributed by atoms with Crippen molar-refractivity contribution in [2.45, 2.75) is 13.8 Å². The van der Waals surface area contributed by atoms with E-state index in [1.165, 1.54) is 39.1 Å². The molecule has 0 saturated heterocycles. The van der Waals surface area contributed by atoms with E-state index in [0.717, 1.165) is 13.1 Å². The molecule has 0 unspecified atom stereocenters. The zero-order chi connectivity index (χ0) is 21.5. The molecule has 0 atom stereocenters. The molecule has 0 aliphatic rings. The maximum atomic E-state index is 2.46. The topological polar surface area (TPSA) is 3.24 Å². The molecule has 0 aliphatic heterocycles. The molecule has 1 nitrogen and oxygen atoms in total. The summed E-state index contributed by atoms with van der Waals surface area (Å²) in [5, 5.41) is 0. The van der Waals surface area contributed by atoms with Crippen molar-refractivity contribution in [3.63, 3.8) is 0 Å². The lowest BCUT2D eigenvalue weighted by Gasteiger charge is -2.29. The highest BCUT2D eigenvalue weighted by Gasteiger charge is 2.18. The molecular weight excluding hydrogens is 374 g/mol. The van der Waals surface area contributed by atoms with Gasteiger partial charge in [-0.25, -0.2) is 0 Å². The molecule has 0 aromatic heterocycles. The van der Waals surface area contributed by atoms with E-state index in [9.17, 15) is 0 Å². The molecule has 0 saturated carbocycles. The van der Waals surface area contributed by atoms with Crippen molar-refractivity contribution in [1.82, 2.24) is 4.90 Å². The minimum atomic E-state index is 0.958. The predicted molar refractivity (Wildman–Crippen MR) is 134 cm³/mol. The molecule has 1 heteroatoms. The van der Waals surface area contributed by atoms with Crippen LogP contribution >= 0.6 is 0 Å². The summed E-state index contributed by atoms with van der Waals surface area (Å²) in [6.45, 7) is 6.37. The van der Waals surface area contributed by atoms with Crippen LogP contribution in [-0.2, 0) is 0 Å². The average Bonchev–Trinajstić information content (AvgIpc) is 2.86. The van der Waals surface area contributed by atoms with Crippen molar-refractivity contribution in [3.05, 3.63) is 132 Å². The fraction of sp³-hybridized carbons (Fsp3) is 0.133.